The second-order valence-corrected chi connectivity index (χ2v) is 4.49. The van der Waals surface area contributed by atoms with Gasteiger partial charge >= 0.3 is 0 Å². The molecular weight excluding hydrogens is 218 g/mol. The molecule has 92 valence electrons. The van der Waals surface area contributed by atoms with Gasteiger partial charge in [0.1, 0.15) is 0 Å². The van der Waals surface area contributed by atoms with E-state index in [9.17, 15) is 5.11 Å². The molecule has 0 amide bonds. The number of aliphatic hydroxyl groups is 1. The zero-order valence-corrected chi connectivity index (χ0v) is 9.74. The van der Waals surface area contributed by atoms with E-state index in [2.05, 4.69) is 11.4 Å². The van der Waals surface area contributed by atoms with E-state index in [0.717, 1.165) is 36.4 Å². The first-order valence-electron chi connectivity index (χ1n) is 6.15. The second kappa shape index (κ2) is 4.55. The lowest BCUT2D eigenvalue weighted by Gasteiger charge is -2.26. The number of fused-ring (bicyclic) bond motifs is 2. The summed E-state index contributed by atoms with van der Waals surface area (Å²) < 4.78 is 11.3. The number of hydrogen-bond donors (Lipinski definition) is 2. The minimum absolute atomic E-state index is 0.0240. The van der Waals surface area contributed by atoms with Crippen LogP contribution in [0.25, 0.3) is 0 Å². The van der Waals surface area contributed by atoms with Crippen LogP contribution in [-0.4, -0.2) is 31.5 Å². The first-order chi connectivity index (χ1) is 8.38. The van der Waals surface area contributed by atoms with Gasteiger partial charge in [-0.15, -0.1) is 0 Å². The molecule has 1 aromatic rings. The molecule has 0 bridgehead atoms. The number of rotatable bonds is 1. The van der Waals surface area contributed by atoms with Crippen molar-refractivity contribution in [1.82, 2.24) is 5.32 Å². The highest BCUT2D eigenvalue weighted by Crippen LogP contribution is 2.36. The summed E-state index contributed by atoms with van der Waals surface area (Å²) in [6.45, 7) is 2.43. The second-order valence-electron chi connectivity index (χ2n) is 4.49. The van der Waals surface area contributed by atoms with E-state index in [1.807, 2.05) is 6.07 Å². The fourth-order valence-electron chi connectivity index (χ4n) is 2.46. The number of aliphatic hydroxyl groups excluding tert-OH is 1. The van der Waals surface area contributed by atoms with Crippen LogP contribution in [0.3, 0.4) is 0 Å². The smallest absolute Gasteiger partial charge is 0.161 e. The highest BCUT2D eigenvalue weighted by Gasteiger charge is 2.22. The van der Waals surface area contributed by atoms with Gasteiger partial charge < -0.3 is 19.9 Å². The molecule has 2 heterocycles. The highest BCUT2D eigenvalue weighted by molar-refractivity contribution is 5.49. The Balaban J connectivity index is 2.02. The van der Waals surface area contributed by atoms with Gasteiger partial charge in [-0.2, -0.15) is 0 Å². The Labute approximate surface area is 101 Å². The Morgan fingerprint density at radius 1 is 1.24 bits per heavy atom. The molecule has 2 aliphatic rings. The first-order valence-corrected chi connectivity index (χ1v) is 6.15. The van der Waals surface area contributed by atoms with Crippen molar-refractivity contribution >= 4 is 0 Å². The third-order valence-electron chi connectivity index (χ3n) is 3.35. The van der Waals surface area contributed by atoms with Crippen molar-refractivity contribution in [3.05, 3.63) is 23.3 Å². The summed E-state index contributed by atoms with van der Waals surface area (Å²) in [5.74, 6) is 1.66. The van der Waals surface area contributed by atoms with Gasteiger partial charge in [-0.25, -0.2) is 0 Å². The van der Waals surface area contributed by atoms with Gasteiger partial charge in [0.05, 0.1) is 25.9 Å². The van der Waals surface area contributed by atoms with Gasteiger partial charge in [-0.05, 0) is 36.2 Å². The van der Waals surface area contributed by atoms with Crippen molar-refractivity contribution in [2.24, 2.45) is 0 Å². The average molecular weight is 235 g/mol. The van der Waals surface area contributed by atoms with Crippen LogP contribution in [0, 0.1) is 0 Å². The molecule has 3 rings (SSSR count). The maximum Gasteiger partial charge on any atom is 0.161 e. The molecule has 0 saturated heterocycles. The summed E-state index contributed by atoms with van der Waals surface area (Å²) in [5, 5.41) is 12.7. The predicted octanol–water partition coefficient (Wildman–Crippen LogP) is 1.03. The Morgan fingerprint density at radius 2 is 2.00 bits per heavy atom. The van der Waals surface area contributed by atoms with Crippen molar-refractivity contribution in [2.45, 2.75) is 18.9 Å². The van der Waals surface area contributed by atoms with Crippen LogP contribution < -0.4 is 14.8 Å². The minimum atomic E-state index is 0.0240. The molecule has 2 aliphatic heterocycles. The maximum absolute atomic E-state index is 9.36. The molecule has 0 radical (unpaired) electrons. The molecule has 4 nitrogen and oxygen atoms in total. The zero-order valence-electron chi connectivity index (χ0n) is 9.74. The number of nitrogens with one attached hydrogen (secondary N) is 1. The van der Waals surface area contributed by atoms with E-state index in [-0.39, 0.29) is 12.6 Å². The molecule has 1 unspecified atom stereocenters. The van der Waals surface area contributed by atoms with E-state index >= 15 is 0 Å². The lowest BCUT2D eigenvalue weighted by atomic mass is 9.94. The van der Waals surface area contributed by atoms with E-state index in [1.54, 1.807) is 0 Å². The quantitative estimate of drug-likeness (QED) is 0.763. The van der Waals surface area contributed by atoms with Gasteiger partial charge in [0.25, 0.3) is 0 Å². The minimum Gasteiger partial charge on any atom is -0.490 e. The van der Waals surface area contributed by atoms with Crippen molar-refractivity contribution in [3.8, 4) is 11.5 Å². The Morgan fingerprint density at radius 3 is 2.76 bits per heavy atom. The van der Waals surface area contributed by atoms with E-state index < -0.39 is 0 Å². The molecule has 0 aromatic heterocycles. The van der Waals surface area contributed by atoms with E-state index in [1.165, 1.54) is 5.56 Å². The first kappa shape index (κ1) is 10.9. The van der Waals surface area contributed by atoms with Gasteiger partial charge in [0.2, 0.25) is 0 Å². The van der Waals surface area contributed by atoms with Crippen LogP contribution in [-0.2, 0) is 6.42 Å². The van der Waals surface area contributed by atoms with Crippen molar-refractivity contribution in [1.29, 1.82) is 0 Å². The van der Waals surface area contributed by atoms with Gasteiger partial charge in [0, 0.05) is 6.42 Å². The standard InChI is InChI=1S/C13H17NO3/c15-8-11-10-7-13-12(16-4-1-5-17-13)6-9(10)2-3-14-11/h6-7,11,14-15H,1-5,8H2. The molecule has 1 atom stereocenters. The molecule has 0 fully saturated rings. The summed E-state index contributed by atoms with van der Waals surface area (Å²) in [4.78, 5) is 0. The number of benzene rings is 1. The molecular formula is C13H17NO3. The summed E-state index contributed by atoms with van der Waals surface area (Å²) in [6, 6.07) is 4.11. The Kier molecular flexibility index (Phi) is 2.91. The van der Waals surface area contributed by atoms with Gasteiger partial charge in [0.15, 0.2) is 11.5 Å². The van der Waals surface area contributed by atoms with Crippen molar-refractivity contribution in [2.75, 3.05) is 26.4 Å². The lowest BCUT2D eigenvalue weighted by molar-refractivity contribution is 0.239. The SMILES string of the molecule is OCC1NCCc2cc3c(cc21)OCCCO3. The highest BCUT2D eigenvalue weighted by atomic mass is 16.5. The van der Waals surface area contributed by atoms with Crippen molar-refractivity contribution in [3.63, 3.8) is 0 Å². The van der Waals surface area contributed by atoms with Crippen LogP contribution in [0.4, 0.5) is 0 Å². The lowest BCUT2D eigenvalue weighted by Crippen LogP contribution is -2.32. The van der Waals surface area contributed by atoms with Gasteiger partial charge in [-0.3, -0.25) is 0 Å². The maximum atomic E-state index is 9.36. The van der Waals surface area contributed by atoms with Crippen LogP contribution >= 0.6 is 0 Å². The Bertz CT molecular complexity index is 419. The molecule has 0 aliphatic carbocycles. The van der Waals surface area contributed by atoms with Crippen LogP contribution in [0.5, 0.6) is 11.5 Å². The molecule has 0 saturated carbocycles. The molecule has 0 spiro atoms. The van der Waals surface area contributed by atoms with Crippen LogP contribution in [0.1, 0.15) is 23.6 Å². The summed E-state index contributed by atoms with van der Waals surface area (Å²) in [5.41, 5.74) is 2.40. The van der Waals surface area contributed by atoms with Crippen molar-refractivity contribution < 1.29 is 14.6 Å². The van der Waals surface area contributed by atoms with E-state index in [4.69, 9.17) is 9.47 Å². The third-order valence-corrected chi connectivity index (χ3v) is 3.35. The molecule has 2 N–H and O–H groups in total. The number of ether oxygens (including phenoxy) is 2. The van der Waals surface area contributed by atoms with Crippen LogP contribution in [0.15, 0.2) is 12.1 Å². The summed E-state index contributed by atoms with van der Waals surface area (Å²) >= 11 is 0. The molecule has 17 heavy (non-hydrogen) atoms. The zero-order chi connectivity index (χ0) is 11.7. The topological polar surface area (TPSA) is 50.7 Å². The number of hydrogen-bond acceptors (Lipinski definition) is 4. The van der Waals surface area contributed by atoms with E-state index in [0.29, 0.717) is 13.2 Å². The fourth-order valence-corrected chi connectivity index (χ4v) is 2.46. The predicted molar refractivity (Wildman–Crippen MR) is 63.6 cm³/mol. The van der Waals surface area contributed by atoms with Gasteiger partial charge in [-0.1, -0.05) is 0 Å². The summed E-state index contributed by atoms with van der Waals surface area (Å²) in [6.07, 6.45) is 1.89. The summed E-state index contributed by atoms with van der Waals surface area (Å²) in [7, 11) is 0. The largest absolute Gasteiger partial charge is 0.490 e. The monoisotopic (exact) mass is 235 g/mol. The fraction of sp³-hybridized carbons (Fsp3) is 0.538. The Hall–Kier alpha value is -1.26. The van der Waals surface area contributed by atoms with Crippen LogP contribution in [0.2, 0.25) is 0 Å². The third kappa shape index (κ3) is 1.98. The molecule has 1 aromatic carbocycles. The molecule has 4 heteroatoms. The average Bonchev–Trinajstić information content (AvgIpc) is 2.60. The normalized spacial score (nSPS) is 22.8.